The fraction of sp³-hybridized carbons (Fsp3) is 0.333. The van der Waals surface area contributed by atoms with Crippen molar-refractivity contribution in [3.05, 3.63) is 24.3 Å². The van der Waals surface area contributed by atoms with E-state index in [0.717, 1.165) is 6.08 Å². The van der Waals surface area contributed by atoms with Crippen molar-refractivity contribution in [2.75, 3.05) is 0 Å². The van der Waals surface area contributed by atoms with Gasteiger partial charge in [0.1, 0.15) is 6.10 Å². The van der Waals surface area contributed by atoms with Crippen LogP contribution in [0.2, 0.25) is 0 Å². The van der Waals surface area contributed by atoms with E-state index in [4.69, 9.17) is 10.9 Å². The van der Waals surface area contributed by atoms with Gasteiger partial charge in [0.2, 0.25) is 10.0 Å². The molecule has 0 saturated heterocycles. The molecular formula is C6H10N2O3S. The van der Waals surface area contributed by atoms with Crippen LogP contribution in [0.5, 0.6) is 0 Å². The van der Waals surface area contributed by atoms with E-state index in [2.05, 4.69) is 0 Å². The van der Waals surface area contributed by atoms with Crippen molar-refractivity contribution in [2.24, 2.45) is 10.9 Å². The van der Waals surface area contributed by atoms with Crippen molar-refractivity contribution >= 4 is 10.0 Å². The van der Waals surface area contributed by atoms with Gasteiger partial charge in [-0.05, 0) is 6.08 Å². The fourth-order valence-corrected chi connectivity index (χ4v) is 1.57. The highest BCUT2D eigenvalue weighted by Gasteiger charge is 2.41. The summed E-state index contributed by atoms with van der Waals surface area (Å²) in [4.78, 5) is -1.89. The minimum absolute atomic E-state index is 1.16. The monoisotopic (exact) mass is 190 g/mol. The number of aliphatic hydroxyl groups excluding tert-OH is 1. The van der Waals surface area contributed by atoms with Gasteiger partial charge in [0, 0.05) is 0 Å². The molecule has 5 nitrogen and oxygen atoms in total. The number of rotatable bonds is 1. The maximum Gasteiger partial charge on any atom is 0.234 e. The molecule has 0 aromatic carbocycles. The zero-order chi connectivity index (χ0) is 9.41. The molecule has 0 aromatic heterocycles. The van der Waals surface area contributed by atoms with Gasteiger partial charge in [0.25, 0.3) is 0 Å². The van der Waals surface area contributed by atoms with Gasteiger partial charge in [-0.3, -0.25) is 0 Å². The second-order valence-electron chi connectivity index (χ2n) is 2.59. The minimum atomic E-state index is -3.98. The molecule has 68 valence electrons. The molecule has 1 aliphatic rings. The highest BCUT2D eigenvalue weighted by atomic mass is 32.2. The number of allylic oxidation sites excluding steroid dienone is 2. The van der Waals surface area contributed by atoms with Crippen LogP contribution in [0, 0.1) is 0 Å². The number of primary sulfonamides is 1. The van der Waals surface area contributed by atoms with Crippen LogP contribution >= 0.6 is 0 Å². The lowest BCUT2D eigenvalue weighted by atomic mass is 10.1. The van der Waals surface area contributed by atoms with Crippen molar-refractivity contribution in [2.45, 2.75) is 11.0 Å². The maximum atomic E-state index is 10.9. The number of hydrogen-bond acceptors (Lipinski definition) is 4. The van der Waals surface area contributed by atoms with Crippen LogP contribution in [-0.4, -0.2) is 24.5 Å². The largest absolute Gasteiger partial charge is 0.386 e. The van der Waals surface area contributed by atoms with E-state index in [1.807, 2.05) is 0 Å². The third-order valence-corrected chi connectivity index (χ3v) is 3.08. The second-order valence-corrected chi connectivity index (χ2v) is 4.38. The average molecular weight is 190 g/mol. The molecule has 12 heavy (non-hydrogen) atoms. The van der Waals surface area contributed by atoms with E-state index in [-0.39, 0.29) is 0 Å². The van der Waals surface area contributed by atoms with Gasteiger partial charge in [0.05, 0.1) is 0 Å². The zero-order valence-corrected chi connectivity index (χ0v) is 7.03. The smallest absolute Gasteiger partial charge is 0.234 e. The summed E-state index contributed by atoms with van der Waals surface area (Å²) in [5.74, 6) is 0. The first-order valence-corrected chi connectivity index (χ1v) is 4.78. The van der Waals surface area contributed by atoms with E-state index < -0.39 is 21.0 Å². The molecule has 0 saturated carbocycles. The Bertz CT molecular complexity index is 333. The van der Waals surface area contributed by atoms with Crippen LogP contribution in [0.4, 0.5) is 0 Å². The molecular weight excluding hydrogens is 180 g/mol. The van der Waals surface area contributed by atoms with Gasteiger partial charge in [-0.2, -0.15) is 0 Å². The molecule has 2 atom stereocenters. The van der Waals surface area contributed by atoms with Crippen molar-refractivity contribution in [1.29, 1.82) is 0 Å². The van der Waals surface area contributed by atoms with Gasteiger partial charge >= 0.3 is 0 Å². The van der Waals surface area contributed by atoms with Crippen LogP contribution in [0.15, 0.2) is 24.3 Å². The molecule has 0 heterocycles. The summed E-state index contributed by atoms with van der Waals surface area (Å²) in [5, 5.41) is 14.1. The second kappa shape index (κ2) is 2.67. The van der Waals surface area contributed by atoms with E-state index in [1.54, 1.807) is 0 Å². The standard InChI is InChI=1S/C6H10N2O3S/c7-6(12(8,10)11)4-2-1-3-5(6)9/h1-5,9H,7H2,(H2,8,10,11). The Hall–Kier alpha value is -0.690. The first-order chi connectivity index (χ1) is 5.38. The molecule has 0 radical (unpaired) electrons. The molecule has 0 amide bonds. The highest BCUT2D eigenvalue weighted by Crippen LogP contribution is 2.19. The molecule has 0 fully saturated rings. The predicted molar refractivity (Wildman–Crippen MR) is 44.3 cm³/mol. The molecule has 2 unspecified atom stereocenters. The van der Waals surface area contributed by atoms with Gasteiger partial charge in [-0.25, -0.2) is 13.6 Å². The molecule has 0 aliphatic heterocycles. The molecule has 0 aromatic rings. The minimum Gasteiger partial charge on any atom is -0.386 e. The molecule has 1 rings (SSSR count). The number of hydrogen-bond donors (Lipinski definition) is 3. The summed E-state index contributed by atoms with van der Waals surface area (Å²) < 4.78 is 21.9. The van der Waals surface area contributed by atoms with Gasteiger partial charge in [-0.1, -0.05) is 18.2 Å². The van der Waals surface area contributed by atoms with Gasteiger partial charge in [0.15, 0.2) is 4.87 Å². The summed E-state index contributed by atoms with van der Waals surface area (Å²) in [6.45, 7) is 0. The zero-order valence-electron chi connectivity index (χ0n) is 6.21. The van der Waals surface area contributed by atoms with E-state index in [1.165, 1.54) is 18.2 Å². The lowest BCUT2D eigenvalue weighted by molar-refractivity contribution is 0.189. The molecule has 5 N–H and O–H groups in total. The lowest BCUT2D eigenvalue weighted by Gasteiger charge is -2.28. The topological polar surface area (TPSA) is 106 Å². The van der Waals surface area contributed by atoms with Crippen molar-refractivity contribution in [3.63, 3.8) is 0 Å². The quantitative estimate of drug-likeness (QED) is 0.463. The van der Waals surface area contributed by atoms with E-state index in [0.29, 0.717) is 0 Å². The third kappa shape index (κ3) is 1.29. The van der Waals surface area contributed by atoms with Crippen molar-refractivity contribution in [3.8, 4) is 0 Å². The number of sulfonamides is 1. The van der Waals surface area contributed by atoms with E-state index in [9.17, 15) is 13.5 Å². The normalized spacial score (nSPS) is 35.4. The lowest BCUT2D eigenvalue weighted by Crippen LogP contribution is -2.58. The molecule has 0 bridgehead atoms. The Morgan fingerprint density at radius 1 is 1.42 bits per heavy atom. The van der Waals surface area contributed by atoms with Gasteiger partial charge in [-0.15, -0.1) is 0 Å². The first kappa shape index (κ1) is 9.40. The molecule has 6 heteroatoms. The summed E-state index contributed by atoms with van der Waals surface area (Å²) >= 11 is 0. The van der Waals surface area contributed by atoms with Crippen LogP contribution in [0.25, 0.3) is 0 Å². The summed E-state index contributed by atoms with van der Waals surface area (Å²) in [7, 11) is -3.98. The summed E-state index contributed by atoms with van der Waals surface area (Å²) in [6, 6.07) is 0. The number of nitrogens with two attached hydrogens (primary N) is 2. The van der Waals surface area contributed by atoms with Crippen LogP contribution < -0.4 is 10.9 Å². The van der Waals surface area contributed by atoms with Crippen molar-refractivity contribution < 1.29 is 13.5 Å². The van der Waals surface area contributed by atoms with Crippen LogP contribution in [-0.2, 0) is 10.0 Å². The highest BCUT2D eigenvalue weighted by molar-refractivity contribution is 7.90. The van der Waals surface area contributed by atoms with Crippen LogP contribution in [0.3, 0.4) is 0 Å². The number of aliphatic hydroxyl groups is 1. The Morgan fingerprint density at radius 2 is 2.00 bits per heavy atom. The molecule has 1 aliphatic carbocycles. The Kier molecular flexibility index (Phi) is 2.09. The first-order valence-electron chi connectivity index (χ1n) is 3.23. The molecule has 0 spiro atoms. The third-order valence-electron chi connectivity index (χ3n) is 1.72. The Balaban J connectivity index is 3.16. The van der Waals surface area contributed by atoms with Gasteiger partial charge < -0.3 is 10.8 Å². The maximum absolute atomic E-state index is 10.9. The predicted octanol–water partition coefficient (Wildman–Crippen LogP) is -1.58. The average Bonchev–Trinajstić information content (AvgIpc) is 1.93. The summed E-state index contributed by atoms with van der Waals surface area (Å²) in [5.41, 5.74) is 5.38. The summed E-state index contributed by atoms with van der Waals surface area (Å²) in [6.07, 6.45) is 4.06. The SMILES string of the molecule is NC1(S(N)(=O)=O)C=CC=CC1O. The van der Waals surface area contributed by atoms with Crippen LogP contribution in [0.1, 0.15) is 0 Å². The van der Waals surface area contributed by atoms with E-state index >= 15 is 0 Å². The Morgan fingerprint density at radius 3 is 2.33 bits per heavy atom. The Labute approximate surface area is 70.4 Å². The fourth-order valence-electron chi connectivity index (χ4n) is 0.887. The van der Waals surface area contributed by atoms with Crippen molar-refractivity contribution in [1.82, 2.24) is 0 Å².